The molecule has 1 aromatic carbocycles. The molecule has 1 heterocycles. The van der Waals surface area contributed by atoms with E-state index >= 15 is 0 Å². The molecule has 3 aliphatic rings. The van der Waals surface area contributed by atoms with Crippen molar-refractivity contribution in [2.24, 2.45) is 12.5 Å². The highest BCUT2D eigenvalue weighted by Gasteiger charge is 2.51. The van der Waals surface area contributed by atoms with Gasteiger partial charge in [0.15, 0.2) is 5.82 Å². The molecule has 3 nitrogen and oxygen atoms in total. The molecule has 3 aliphatic carbocycles. The fourth-order valence-electron chi connectivity index (χ4n) is 5.39. The number of aromatic nitrogens is 3. The molecule has 0 spiro atoms. The number of benzene rings is 1. The van der Waals surface area contributed by atoms with E-state index in [1.807, 2.05) is 24.3 Å². The van der Waals surface area contributed by atoms with Gasteiger partial charge in [0.25, 0.3) is 0 Å². The molecule has 0 atom stereocenters. The largest absolute Gasteiger partial charge is 0.314 e. The molecule has 2 aromatic rings. The van der Waals surface area contributed by atoms with Gasteiger partial charge >= 0.3 is 0 Å². The zero-order valence-corrected chi connectivity index (χ0v) is 16.9. The summed E-state index contributed by atoms with van der Waals surface area (Å²) in [5.74, 6) is 2.07. The van der Waals surface area contributed by atoms with Gasteiger partial charge < -0.3 is 4.57 Å². The third-order valence-corrected chi connectivity index (χ3v) is 7.51. The van der Waals surface area contributed by atoms with E-state index in [-0.39, 0.29) is 5.41 Å². The summed E-state index contributed by atoms with van der Waals surface area (Å²) in [6, 6.07) is 7.94. The van der Waals surface area contributed by atoms with E-state index in [2.05, 4.69) is 28.7 Å². The van der Waals surface area contributed by atoms with Crippen molar-refractivity contribution in [1.29, 1.82) is 0 Å². The average molecular weight is 372 g/mol. The van der Waals surface area contributed by atoms with Crippen molar-refractivity contribution in [1.82, 2.24) is 14.8 Å². The second-order valence-corrected chi connectivity index (χ2v) is 9.03. The van der Waals surface area contributed by atoms with E-state index in [0.717, 1.165) is 16.4 Å². The van der Waals surface area contributed by atoms with Crippen LogP contribution in [0.5, 0.6) is 0 Å². The molecular weight excluding hydrogens is 342 g/mol. The summed E-state index contributed by atoms with van der Waals surface area (Å²) in [5.41, 5.74) is 1.84. The topological polar surface area (TPSA) is 30.7 Å². The number of unbranched alkanes of at least 4 members (excludes halogenated alkanes) is 2. The Labute approximate surface area is 162 Å². The molecular formula is C22H30ClN3. The van der Waals surface area contributed by atoms with Crippen LogP contribution in [0.3, 0.4) is 0 Å². The van der Waals surface area contributed by atoms with E-state index in [1.165, 1.54) is 70.0 Å². The lowest BCUT2D eigenvalue weighted by Gasteiger charge is -2.53. The van der Waals surface area contributed by atoms with Crippen LogP contribution in [-0.2, 0) is 12.5 Å². The summed E-state index contributed by atoms with van der Waals surface area (Å²) in [7, 11) is 2.11. The van der Waals surface area contributed by atoms with Crippen LogP contribution in [0.15, 0.2) is 24.3 Å². The first-order valence-electron chi connectivity index (χ1n) is 10.2. The number of fused-ring (bicyclic) bond motifs is 3. The van der Waals surface area contributed by atoms with Gasteiger partial charge in [-0.25, -0.2) is 0 Å². The minimum Gasteiger partial charge on any atom is -0.314 e. The maximum absolute atomic E-state index is 6.40. The summed E-state index contributed by atoms with van der Waals surface area (Å²) in [5, 5.41) is 9.96. The standard InChI is InChI=1S/C22H30ClN3/c1-3-4-7-10-21-11-14-22(15-12-21,16-13-21)20-25-24-19(26(20)2)17-8-5-6-9-18(17)23/h5-6,8-9H,3-4,7,10-16H2,1-2H3. The molecule has 4 heteroatoms. The molecule has 0 radical (unpaired) electrons. The number of hydrogen-bond acceptors (Lipinski definition) is 2. The van der Waals surface area contributed by atoms with Gasteiger partial charge in [-0.05, 0) is 62.5 Å². The average Bonchev–Trinajstić information content (AvgIpc) is 3.06. The van der Waals surface area contributed by atoms with Gasteiger partial charge in [0.2, 0.25) is 0 Å². The molecule has 5 rings (SSSR count). The van der Waals surface area contributed by atoms with Crippen molar-refractivity contribution in [2.45, 2.75) is 76.5 Å². The quantitative estimate of drug-likeness (QED) is 0.557. The zero-order chi connectivity index (χ0) is 18.2. The molecule has 2 bridgehead atoms. The Morgan fingerprint density at radius 2 is 1.69 bits per heavy atom. The van der Waals surface area contributed by atoms with Crippen LogP contribution < -0.4 is 0 Å². The monoisotopic (exact) mass is 371 g/mol. The summed E-state index contributed by atoms with van der Waals surface area (Å²) in [4.78, 5) is 0. The van der Waals surface area contributed by atoms with Crippen molar-refractivity contribution in [3.8, 4) is 11.4 Å². The minimum absolute atomic E-state index is 0.230. The first-order chi connectivity index (χ1) is 12.6. The SMILES string of the molecule is CCCCCC12CCC(c3nnc(-c4ccccc4Cl)n3C)(CC1)CC2. The summed E-state index contributed by atoms with van der Waals surface area (Å²) in [6.45, 7) is 2.30. The van der Waals surface area contributed by atoms with Gasteiger partial charge in [-0.2, -0.15) is 0 Å². The van der Waals surface area contributed by atoms with Crippen molar-refractivity contribution < 1.29 is 0 Å². The lowest BCUT2D eigenvalue weighted by Crippen LogP contribution is -2.45. The Morgan fingerprint density at radius 1 is 1.00 bits per heavy atom. The second kappa shape index (κ2) is 6.99. The van der Waals surface area contributed by atoms with E-state index in [1.54, 1.807) is 0 Å². The van der Waals surface area contributed by atoms with Gasteiger partial charge in [-0.1, -0.05) is 49.9 Å². The smallest absolute Gasteiger partial charge is 0.165 e. The van der Waals surface area contributed by atoms with Crippen LogP contribution >= 0.6 is 11.6 Å². The highest BCUT2D eigenvalue weighted by Crippen LogP contribution is 2.59. The third kappa shape index (κ3) is 2.98. The molecule has 0 N–H and O–H groups in total. The van der Waals surface area contributed by atoms with E-state index in [4.69, 9.17) is 11.6 Å². The summed E-state index contributed by atoms with van der Waals surface area (Å²) < 4.78 is 2.20. The maximum atomic E-state index is 6.40. The Balaban J connectivity index is 1.56. The first kappa shape index (κ1) is 18.0. The van der Waals surface area contributed by atoms with Crippen molar-refractivity contribution in [3.05, 3.63) is 35.1 Å². The van der Waals surface area contributed by atoms with E-state index in [0.29, 0.717) is 5.41 Å². The Hall–Kier alpha value is -1.35. The lowest BCUT2D eigenvalue weighted by molar-refractivity contribution is 0.0250. The zero-order valence-electron chi connectivity index (χ0n) is 16.1. The fourth-order valence-corrected chi connectivity index (χ4v) is 5.61. The molecule has 0 aliphatic heterocycles. The summed E-state index contributed by atoms with van der Waals surface area (Å²) >= 11 is 6.40. The number of rotatable bonds is 6. The summed E-state index contributed by atoms with van der Waals surface area (Å²) in [6.07, 6.45) is 13.5. The van der Waals surface area contributed by atoms with Crippen LogP contribution in [0.1, 0.15) is 77.0 Å². The Morgan fingerprint density at radius 3 is 2.35 bits per heavy atom. The fraction of sp³-hybridized carbons (Fsp3) is 0.636. The molecule has 1 aromatic heterocycles. The van der Waals surface area contributed by atoms with Gasteiger partial charge in [-0.15, -0.1) is 10.2 Å². The van der Waals surface area contributed by atoms with Gasteiger partial charge in [0, 0.05) is 18.0 Å². The number of nitrogens with zero attached hydrogens (tertiary/aromatic N) is 3. The third-order valence-electron chi connectivity index (χ3n) is 7.18. The van der Waals surface area contributed by atoms with E-state index < -0.39 is 0 Å². The highest BCUT2D eigenvalue weighted by atomic mass is 35.5. The van der Waals surface area contributed by atoms with Crippen LogP contribution in [0.25, 0.3) is 11.4 Å². The molecule has 0 saturated heterocycles. The van der Waals surface area contributed by atoms with Crippen LogP contribution in [-0.4, -0.2) is 14.8 Å². The van der Waals surface area contributed by atoms with E-state index in [9.17, 15) is 0 Å². The molecule has 140 valence electrons. The molecule has 3 fully saturated rings. The highest BCUT2D eigenvalue weighted by molar-refractivity contribution is 6.33. The Bertz CT molecular complexity index is 755. The maximum Gasteiger partial charge on any atom is 0.165 e. The minimum atomic E-state index is 0.230. The van der Waals surface area contributed by atoms with Crippen LogP contribution in [0.2, 0.25) is 5.02 Å². The predicted octanol–water partition coefficient (Wildman–Crippen LogP) is 6.31. The van der Waals surface area contributed by atoms with Crippen molar-refractivity contribution in [3.63, 3.8) is 0 Å². The second-order valence-electron chi connectivity index (χ2n) is 8.62. The first-order valence-corrected chi connectivity index (χ1v) is 10.6. The van der Waals surface area contributed by atoms with Gasteiger partial charge in [0.1, 0.15) is 5.82 Å². The normalized spacial score (nSPS) is 27.8. The predicted molar refractivity (Wildman–Crippen MR) is 107 cm³/mol. The van der Waals surface area contributed by atoms with Crippen LogP contribution in [0.4, 0.5) is 0 Å². The Kier molecular flexibility index (Phi) is 4.85. The van der Waals surface area contributed by atoms with Gasteiger partial charge in [0.05, 0.1) is 5.02 Å². The molecule has 26 heavy (non-hydrogen) atoms. The van der Waals surface area contributed by atoms with Crippen LogP contribution in [0, 0.1) is 5.41 Å². The number of halogens is 1. The van der Waals surface area contributed by atoms with Crippen molar-refractivity contribution in [2.75, 3.05) is 0 Å². The van der Waals surface area contributed by atoms with Gasteiger partial charge in [-0.3, -0.25) is 0 Å². The van der Waals surface area contributed by atoms with Crippen molar-refractivity contribution >= 4 is 11.6 Å². The lowest BCUT2D eigenvalue weighted by atomic mass is 9.52. The molecule has 0 amide bonds. The molecule has 3 saturated carbocycles. The molecule has 0 unspecified atom stereocenters. The number of hydrogen-bond donors (Lipinski definition) is 0.